The van der Waals surface area contributed by atoms with Crippen LogP contribution in [0.15, 0.2) is 24.3 Å². The average molecular weight is 304 g/mol. The molecule has 2 amide bonds. The highest BCUT2D eigenvalue weighted by Crippen LogP contribution is 2.14. The first-order valence-electron chi connectivity index (χ1n) is 7.98. The van der Waals surface area contributed by atoms with Crippen LogP contribution in [0.25, 0.3) is 0 Å². The van der Waals surface area contributed by atoms with Crippen molar-refractivity contribution in [1.82, 2.24) is 10.2 Å². The molecule has 4 heteroatoms. The summed E-state index contributed by atoms with van der Waals surface area (Å²) >= 11 is 0. The van der Waals surface area contributed by atoms with Crippen LogP contribution in [0.4, 0.5) is 0 Å². The lowest BCUT2D eigenvalue weighted by Crippen LogP contribution is -2.48. The van der Waals surface area contributed by atoms with Crippen LogP contribution in [-0.2, 0) is 16.1 Å². The van der Waals surface area contributed by atoms with Gasteiger partial charge in [-0.15, -0.1) is 0 Å². The zero-order valence-corrected chi connectivity index (χ0v) is 14.3. The van der Waals surface area contributed by atoms with E-state index in [-0.39, 0.29) is 11.8 Å². The molecule has 0 aromatic heterocycles. The number of rotatable bonds is 7. The van der Waals surface area contributed by atoms with Crippen LogP contribution in [0, 0.1) is 12.8 Å². The van der Waals surface area contributed by atoms with Gasteiger partial charge < -0.3 is 10.2 Å². The van der Waals surface area contributed by atoms with E-state index in [1.54, 1.807) is 11.8 Å². The molecule has 0 fully saturated rings. The Labute approximate surface area is 133 Å². The molecule has 0 aliphatic heterocycles. The number of amides is 2. The van der Waals surface area contributed by atoms with E-state index in [9.17, 15) is 9.59 Å². The predicted molar refractivity (Wildman–Crippen MR) is 89.3 cm³/mol. The quantitative estimate of drug-likeness (QED) is 0.842. The number of nitrogens with zero attached hydrogens (tertiary/aromatic N) is 1. The molecule has 22 heavy (non-hydrogen) atoms. The van der Waals surface area contributed by atoms with E-state index in [2.05, 4.69) is 5.32 Å². The van der Waals surface area contributed by atoms with Gasteiger partial charge in [0.1, 0.15) is 6.04 Å². The summed E-state index contributed by atoms with van der Waals surface area (Å²) in [6.45, 7) is 10.8. The van der Waals surface area contributed by atoms with Crippen molar-refractivity contribution in [3.8, 4) is 0 Å². The fraction of sp³-hybridized carbons (Fsp3) is 0.556. The van der Waals surface area contributed by atoms with Gasteiger partial charge in [0.15, 0.2) is 0 Å². The van der Waals surface area contributed by atoms with Gasteiger partial charge in [0.2, 0.25) is 11.8 Å². The lowest BCUT2D eigenvalue weighted by atomic mass is 10.1. The predicted octanol–water partition coefficient (Wildman–Crippen LogP) is 2.89. The zero-order valence-electron chi connectivity index (χ0n) is 14.3. The Hall–Kier alpha value is -1.84. The summed E-state index contributed by atoms with van der Waals surface area (Å²) in [5, 5.41) is 2.91. The van der Waals surface area contributed by atoms with Gasteiger partial charge in [-0.2, -0.15) is 0 Å². The molecule has 0 unspecified atom stereocenters. The summed E-state index contributed by atoms with van der Waals surface area (Å²) in [6.07, 6.45) is 0.397. The summed E-state index contributed by atoms with van der Waals surface area (Å²) in [5.41, 5.74) is 2.21. The molecule has 4 nitrogen and oxygen atoms in total. The van der Waals surface area contributed by atoms with Crippen LogP contribution in [0.2, 0.25) is 0 Å². The SMILES string of the molecule is CCC(=O)N(Cc1ccccc1C)[C@H](C)C(=O)NCC(C)C. The number of carbonyl (C=O) groups is 2. The van der Waals surface area contributed by atoms with Gasteiger partial charge >= 0.3 is 0 Å². The minimum absolute atomic E-state index is 0.00421. The number of benzene rings is 1. The highest BCUT2D eigenvalue weighted by atomic mass is 16.2. The largest absolute Gasteiger partial charge is 0.354 e. The lowest BCUT2D eigenvalue weighted by molar-refractivity contribution is -0.140. The Morgan fingerprint density at radius 3 is 2.36 bits per heavy atom. The Morgan fingerprint density at radius 1 is 1.18 bits per heavy atom. The van der Waals surface area contributed by atoms with Crippen LogP contribution < -0.4 is 5.32 Å². The molecule has 0 aliphatic carbocycles. The molecule has 0 spiro atoms. The number of nitrogens with one attached hydrogen (secondary N) is 1. The standard InChI is InChI=1S/C18H28N2O2/c1-6-17(21)20(12-16-10-8-7-9-14(16)4)15(5)18(22)19-11-13(2)3/h7-10,13,15H,6,11-12H2,1-5H3,(H,19,22)/t15-/m1/s1. The van der Waals surface area contributed by atoms with Gasteiger partial charge in [0.05, 0.1) is 0 Å². The van der Waals surface area contributed by atoms with Crippen LogP contribution in [0.5, 0.6) is 0 Å². The van der Waals surface area contributed by atoms with E-state index >= 15 is 0 Å². The highest BCUT2D eigenvalue weighted by Gasteiger charge is 2.25. The van der Waals surface area contributed by atoms with E-state index in [1.165, 1.54) is 0 Å². The maximum absolute atomic E-state index is 12.3. The molecule has 0 aliphatic rings. The first-order chi connectivity index (χ1) is 10.4. The summed E-state index contributed by atoms with van der Waals surface area (Å²) < 4.78 is 0. The Kier molecular flexibility index (Phi) is 7.09. The van der Waals surface area contributed by atoms with Crippen LogP contribution >= 0.6 is 0 Å². The summed E-state index contributed by atoms with van der Waals surface area (Å²) in [7, 11) is 0. The number of aryl methyl sites for hydroxylation is 1. The molecule has 1 N–H and O–H groups in total. The smallest absolute Gasteiger partial charge is 0.242 e. The van der Waals surface area contributed by atoms with Crippen molar-refractivity contribution in [1.29, 1.82) is 0 Å². The second kappa shape index (κ2) is 8.57. The van der Waals surface area contributed by atoms with Crippen molar-refractivity contribution >= 4 is 11.8 Å². The topological polar surface area (TPSA) is 49.4 Å². The molecule has 1 atom stereocenters. The molecular formula is C18H28N2O2. The second-order valence-electron chi connectivity index (χ2n) is 6.12. The second-order valence-corrected chi connectivity index (χ2v) is 6.12. The van der Waals surface area contributed by atoms with Gasteiger partial charge in [-0.25, -0.2) is 0 Å². The third-order valence-electron chi connectivity index (χ3n) is 3.76. The molecule has 0 bridgehead atoms. The number of hydrogen-bond acceptors (Lipinski definition) is 2. The van der Waals surface area contributed by atoms with Crippen molar-refractivity contribution in [2.45, 2.75) is 53.6 Å². The summed E-state index contributed by atoms with van der Waals surface area (Å²) in [6, 6.07) is 7.49. The molecule has 0 heterocycles. The van der Waals surface area contributed by atoms with Crippen LogP contribution in [0.1, 0.15) is 45.2 Å². The van der Waals surface area contributed by atoms with Gasteiger partial charge in [-0.05, 0) is 30.9 Å². The van der Waals surface area contributed by atoms with Crippen molar-refractivity contribution < 1.29 is 9.59 Å². The van der Waals surface area contributed by atoms with Crippen LogP contribution in [0.3, 0.4) is 0 Å². The molecule has 0 saturated carbocycles. The van der Waals surface area contributed by atoms with Crippen molar-refractivity contribution in [3.63, 3.8) is 0 Å². The summed E-state index contributed by atoms with van der Waals surface area (Å²) in [4.78, 5) is 26.2. The minimum atomic E-state index is -0.467. The third-order valence-corrected chi connectivity index (χ3v) is 3.76. The molecule has 0 saturated heterocycles. The van der Waals surface area contributed by atoms with Gasteiger partial charge in [0.25, 0.3) is 0 Å². The van der Waals surface area contributed by atoms with Gasteiger partial charge in [-0.1, -0.05) is 45.0 Å². The fourth-order valence-electron chi connectivity index (χ4n) is 2.21. The Balaban J connectivity index is 2.86. The van der Waals surface area contributed by atoms with E-state index in [1.807, 2.05) is 52.0 Å². The number of hydrogen-bond donors (Lipinski definition) is 1. The molecule has 1 aromatic rings. The van der Waals surface area contributed by atoms with E-state index in [4.69, 9.17) is 0 Å². The van der Waals surface area contributed by atoms with Crippen LogP contribution in [-0.4, -0.2) is 29.3 Å². The summed E-state index contributed by atoms with van der Waals surface area (Å²) in [5.74, 6) is 0.294. The monoisotopic (exact) mass is 304 g/mol. The maximum Gasteiger partial charge on any atom is 0.242 e. The van der Waals surface area contributed by atoms with Gasteiger partial charge in [0, 0.05) is 19.5 Å². The van der Waals surface area contributed by atoms with Crippen molar-refractivity contribution in [3.05, 3.63) is 35.4 Å². The Bertz CT molecular complexity index is 512. The molecule has 0 radical (unpaired) electrons. The van der Waals surface area contributed by atoms with E-state index in [0.717, 1.165) is 11.1 Å². The first kappa shape index (κ1) is 18.2. The first-order valence-corrected chi connectivity index (χ1v) is 7.98. The fourth-order valence-corrected chi connectivity index (χ4v) is 2.21. The molecule has 1 rings (SSSR count). The minimum Gasteiger partial charge on any atom is -0.354 e. The maximum atomic E-state index is 12.3. The van der Waals surface area contributed by atoms with Crippen molar-refractivity contribution in [2.75, 3.05) is 6.54 Å². The zero-order chi connectivity index (χ0) is 16.7. The third kappa shape index (κ3) is 5.17. The average Bonchev–Trinajstić information content (AvgIpc) is 2.50. The molecular weight excluding hydrogens is 276 g/mol. The number of carbonyl (C=O) groups excluding carboxylic acids is 2. The molecule has 122 valence electrons. The van der Waals surface area contributed by atoms with Crippen molar-refractivity contribution in [2.24, 2.45) is 5.92 Å². The lowest BCUT2D eigenvalue weighted by Gasteiger charge is -2.29. The Morgan fingerprint density at radius 2 is 1.82 bits per heavy atom. The normalized spacial score (nSPS) is 12.1. The molecule has 1 aromatic carbocycles. The van der Waals surface area contributed by atoms with Gasteiger partial charge in [-0.3, -0.25) is 9.59 Å². The van der Waals surface area contributed by atoms with E-state index < -0.39 is 6.04 Å². The highest BCUT2D eigenvalue weighted by molar-refractivity contribution is 5.87. The van der Waals surface area contributed by atoms with E-state index in [0.29, 0.717) is 25.4 Å².